The van der Waals surface area contributed by atoms with Crippen molar-refractivity contribution in [3.8, 4) is 0 Å². The van der Waals surface area contributed by atoms with Crippen LogP contribution in [0.15, 0.2) is 11.6 Å². The third-order valence-electron chi connectivity index (χ3n) is 11.8. The number of fused-ring (bicyclic) bond motifs is 5. The summed E-state index contributed by atoms with van der Waals surface area (Å²) in [5.41, 5.74) is 2.60. The molecule has 0 bridgehead atoms. The van der Waals surface area contributed by atoms with E-state index in [0.29, 0.717) is 10.8 Å². The first kappa shape index (κ1) is 26.8. The van der Waals surface area contributed by atoms with E-state index in [0.717, 1.165) is 48.3 Å². The molecule has 196 valence electrons. The highest BCUT2D eigenvalue weighted by atomic mass is 16.3. The second-order valence-corrected chi connectivity index (χ2v) is 14.3. The Morgan fingerprint density at radius 1 is 0.853 bits per heavy atom. The molecule has 5 aliphatic rings. The zero-order valence-corrected chi connectivity index (χ0v) is 23.6. The smallest absolute Gasteiger partial charge is 0.0577 e. The lowest BCUT2D eigenvalue weighted by atomic mass is 9.47. The molecule has 1 nitrogen and oxygen atoms in total. The molecule has 5 aliphatic carbocycles. The Kier molecular flexibility index (Phi) is 8.97. The average Bonchev–Trinajstić information content (AvgIpc) is 3.18. The maximum atomic E-state index is 10.2. The van der Waals surface area contributed by atoms with Crippen LogP contribution < -0.4 is 0 Å². The Morgan fingerprint density at radius 2 is 1.53 bits per heavy atom. The summed E-state index contributed by atoms with van der Waals surface area (Å²) in [5, 5.41) is 10.2. The van der Waals surface area contributed by atoms with Crippen LogP contribution in [0.4, 0.5) is 0 Å². The number of allylic oxidation sites excluding steroid dienone is 1. The van der Waals surface area contributed by atoms with Gasteiger partial charge in [-0.1, -0.05) is 104 Å². The fourth-order valence-electron chi connectivity index (χ4n) is 9.73. The third kappa shape index (κ3) is 5.50. The van der Waals surface area contributed by atoms with Gasteiger partial charge in [0.05, 0.1) is 6.10 Å². The lowest BCUT2D eigenvalue weighted by Gasteiger charge is -2.58. The average molecular weight is 471 g/mol. The minimum absolute atomic E-state index is 0.0766. The maximum absolute atomic E-state index is 10.2. The van der Waals surface area contributed by atoms with Gasteiger partial charge in [-0.05, 0) is 97.7 Å². The molecule has 4 saturated carbocycles. The molecule has 4 fully saturated rings. The molecule has 0 aromatic rings. The number of aliphatic hydroxyl groups excluding tert-OH is 1. The van der Waals surface area contributed by atoms with Gasteiger partial charge >= 0.3 is 0 Å². The summed E-state index contributed by atoms with van der Waals surface area (Å²) in [4.78, 5) is 0. The molecule has 0 aromatic carbocycles. The van der Waals surface area contributed by atoms with Gasteiger partial charge in [-0.15, -0.1) is 0 Å². The molecule has 34 heavy (non-hydrogen) atoms. The van der Waals surface area contributed by atoms with Crippen molar-refractivity contribution in [2.45, 2.75) is 150 Å². The number of aliphatic hydroxyl groups is 1. The monoisotopic (exact) mass is 470 g/mol. The Bertz CT molecular complexity index is 663. The third-order valence-corrected chi connectivity index (χ3v) is 11.8. The van der Waals surface area contributed by atoms with Crippen LogP contribution in [-0.2, 0) is 0 Å². The van der Waals surface area contributed by atoms with E-state index in [1.54, 1.807) is 5.57 Å². The summed E-state index contributed by atoms with van der Waals surface area (Å²) in [7, 11) is 0. The Labute approximate surface area is 212 Å². The van der Waals surface area contributed by atoms with E-state index in [-0.39, 0.29) is 6.10 Å². The molecular weight excluding hydrogens is 412 g/mol. The molecule has 0 radical (unpaired) electrons. The molecule has 1 heteroatoms. The van der Waals surface area contributed by atoms with Crippen molar-refractivity contribution in [1.82, 2.24) is 0 Å². The minimum atomic E-state index is -0.0766. The van der Waals surface area contributed by atoms with Crippen molar-refractivity contribution in [1.29, 1.82) is 0 Å². The van der Waals surface area contributed by atoms with Gasteiger partial charge in [0.15, 0.2) is 0 Å². The van der Waals surface area contributed by atoms with Gasteiger partial charge < -0.3 is 5.11 Å². The van der Waals surface area contributed by atoms with E-state index < -0.39 is 0 Å². The number of hydrogen-bond acceptors (Lipinski definition) is 1. The van der Waals surface area contributed by atoms with Crippen molar-refractivity contribution in [2.24, 2.45) is 46.3 Å². The molecule has 0 aliphatic heterocycles. The topological polar surface area (TPSA) is 20.2 Å². The van der Waals surface area contributed by atoms with Crippen LogP contribution in [0.5, 0.6) is 0 Å². The quantitative estimate of drug-likeness (QED) is 0.396. The van der Waals surface area contributed by atoms with Gasteiger partial charge in [0.2, 0.25) is 0 Å². The van der Waals surface area contributed by atoms with Gasteiger partial charge in [-0.25, -0.2) is 0 Å². The fraction of sp³-hybridized carbons (Fsp3) is 0.939. The Morgan fingerprint density at radius 3 is 2.18 bits per heavy atom. The van der Waals surface area contributed by atoms with E-state index in [2.05, 4.69) is 40.7 Å². The van der Waals surface area contributed by atoms with E-state index in [1.807, 2.05) is 0 Å². The Balaban J connectivity index is 0.000000398. The largest absolute Gasteiger partial charge is 0.393 e. The highest BCUT2D eigenvalue weighted by molar-refractivity contribution is 5.25. The van der Waals surface area contributed by atoms with E-state index in [9.17, 15) is 5.11 Å². The molecule has 1 unspecified atom stereocenters. The molecule has 0 heterocycles. The summed E-state index contributed by atoms with van der Waals surface area (Å²) in [6.07, 6.45) is 26.2. The van der Waals surface area contributed by atoms with E-state index in [4.69, 9.17) is 0 Å². The van der Waals surface area contributed by atoms with Crippen molar-refractivity contribution in [3.05, 3.63) is 11.6 Å². The SMILES string of the molecule is C1CCCCC1.CC(C)CCCC(C)[C@H]1CC[C@H]2[C@@H]3CC=C4C[C@@H](O)CC[C@]4(C)[C@H]3CC[C@]12C. The first-order valence-electron chi connectivity index (χ1n) is 15.6. The van der Waals surface area contributed by atoms with Crippen molar-refractivity contribution < 1.29 is 5.11 Å². The summed E-state index contributed by atoms with van der Waals surface area (Å²) in [6, 6.07) is 0. The lowest BCUT2D eigenvalue weighted by molar-refractivity contribution is -0.0573. The van der Waals surface area contributed by atoms with Crippen molar-refractivity contribution in [3.63, 3.8) is 0 Å². The standard InChI is InChI=1S/C27H46O.C6H12/c1-18(2)7-6-8-19(3)23-11-12-24-22-10-9-20-17-21(28)13-15-26(20,4)25(22)14-16-27(23,24)5;1-2-4-6-5-3-1/h9,18-19,21-25,28H,6-8,10-17H2,1-5H3;1-6H2/t19?,21-,22-,23+,24-,25-,26-,27+;/m0./s1. The zero-order valence-electron chi connectivity index (χ0n) is 23.6. The second-order valence-electron chi connectivity index (χ2n) is 14.3. The molecule has 5 rings (SSSR count). The van der Waals surface area contributed by atoms with Gasteiger partial charge in [0.25, 0.3) is 0 Å². The minimum Gasteiger partial charge on any atom is -0.393 e. The van der Waals surface area contributed by atoms with Crippen LogP contribution in [0.1, 0.15) is 144 Å². The summed E-state index contributed by atoms with van der Waals surface area (Å²) >= 11 is 0. The van der Waals surface area contributed by atoms with Crippen LogP contribution in [0.25, 0.3) is 0 Å². The second kappa shape index (κ2) is 11.4. The van der Waals surface area contributed by atoms with Crippen LogP contribution in [0.2, 0.25) is 0 Å². The van der Waals surface area contributed by atoms with Gasteiger partial charge in [0.1, 0.15) is 0 Å². The fourth-order valence-corrected chi connectivity index (χ4v) is 9.73. The number of hydrogen-bond donors (Lipinski definition) is 1. The molecule has 8 atom stereocenters. The zero-order chi connectivity index (χ0) is 24.3. The van der Waals surface area contributed by atoms with Crippen molar-refractivity contribution >= 4 is 0 Å². The first-order chi connectivity index (χ1) is 16.3. The molecular formula is C33H58O. The van der Waals surface area contributed by atoms with Gasteiger partial charge in [-0.3, -0.25) is 0 Å². The van der Waals surface area contributed by atoms with Crippen molar-refractivity contribution in [2.75, 3.05) is 0 Å². The van der Waals surface area contributed by atoms with E-state index >= 15 is 0 Å². The van der Waals surface area contributed by atoms with Crippen LogP contribution >= 0.6 is 0 Å². The summed E-state index contributed by atoms with van der Waals surface area (Å²) in [6.45, 7) is 12.6. The highest BCUT2D eigenvalue weighted by Gasteiger charge is 2.59. The Hall–Kier alpha value is -0.300. The molecule has 1 N–H and O–H groups in total. The normalized spacial score (nSPS) is 42.6. The first-order valence-corrected chi connectivity index (χ1v) is 15.6. The van der Waals surface area contributed by atoms with Gasteiger partial charge in [-0.2, -0.15) is 0 Å². The van der Waals surface area contributed by atoms with Crippen LogP contribution in [0, 0.1) is 46.3 Å². The highest BCUT2D eigenvalue weighted by Crippen LogP contribution is 2.67. The molecule has 0 saturated heterocycles. The number of rotatable bonds is 5. The molecule has 0 aromatic heterocycles. The lowest BCUT2D eigenvalue weighted by Crippen LogP contribution is -2.50. The van der Waals surface area contributed by atoms with Gasteiger partial charge in [0, 0.05) is 0 Å². The summed E-state index contributed by atoms with van der Waals surface area (Å²) < 4.78 is 0. The molecule has 0 spiro atoms. The summed E-state index contributed by atoms with van der Waals surface area (Å²) in [5.74, 6) is 5.46. The molecule has 0 amide bonds. The van der Waals surface area contributed by atoms with Crippen LogP contribution in [-0.4, -0.2) is 11.2 Å². The van der Waals surface area contributed by atoms with Crippen LogP contribution in [0.3, 0.4) is 0 Å². The van der Waals surface area contributed by atoms with E-state index in [1.165, 1.54) is 96.3 Å². The maximum Gasteiger partial charge on any atom is 0.0577 e. The predicted octanol–water partition coefficient (Wildman–Crippen LogP) is 9.73. The predicted molar refractivity (Wildman–Crippen MR) is 147 cm³/mol.